The lowest BCUT2D eigenvalue weighted by Gasteiger charge is -1.97. The normalized spacial score (nSPS) is 10.8. The molecule has 0 radical (unpaired) electrons. The molecule has 74 valence electrons. The second-order valence-electron chi connectivity index (χ2n) is 3.10. The summed E-state index contributed by atoms with van der Waals surface area (Å²) in [6, 6.07) is 0. The monoisotopic (exact) mass is 271 g/mol. The molecule has 5 heteroatoms. The smallest absolute Gasteiger partial charge is 0.0900 e. The van der Waals surface area contributed by atoms with E-state index in [1.54, 1.807) is 17.5 Å². The number of rotatable bonds is 2. The van der Waals surface area contributed by atoms with Gasteiger partial charge in [-0.25, -0.2) is 4.98 Å². The van der Waals surface area contributed by atoms with Crippen molar-refractivity contribution in [3.8, 4) is 0 Å². The van der Waals surface area contributed by atoms with Gasteiger partial charge in [0.1, 0.15) is 0 Å². The van der Waals surface area contributed by atoms with E-state index in [9.17, 15) is 0 Å². The number of aryl methyl sites for hydroxylation is 2. The van der Waals surface area contributed by atoms with Crippen LogP contribution < -0.4 is 0 Å². The van der Waals surface area contributed by atoms with Crippen LogP contribution in [-0.2, 0) is 6.54 Å². The van der Waals surface area contributed by atoms with E-state index in [1.165, 1.54) is 4.88 Å². The first kappa shape index (κ1) is 9.86. The van der Waals surface area contributed by atoms with Gasteiger partial charge < -0.3 is 0 Å². The molecule has 0 saturated heterocycles. The Bertz CT molecular complexity index is 447. The highest BCUT2D eigenvalue weighted by atomic mass is 79.9. The van der Waals surface area contributed by atoms with Crippen LogP contribution in [0.15, 0.2) is 16.9 Å². The maximum atomic E-state index is 4.38. The minimum absolute atomic E-state index is 0.808. The first-order chi connectivity index (χ1) is 6.65. The lowest BCUT2D eigenvalue weighted by atomic mass is 10.4. The number of thiazole rings is 1. The largest absolute Gasteiger partial charge is 0.266 e. The Balaban J connectivity index is 2.22. The molecule has 3 nitrogen and oxygen atoms in total. The molecule has 14 heavy (non-hydrogen) atoms. The summed E-state index contributed by atoms with van der Waals surface area (Å²) in [5, 5.41) is 5.32. The number of aromatic nitrogens is 3. The zero-order valence-electron chi connectivity index (χ0n) is 7.99. The fourth-order valence-corrected chi connectivity index (χ4v) is 2.55. The van der Waals surface area contributed by atoms with Gasteiger partial charge >= 0.3 is 0 Å². The van der Waals surface area contributed by atoms with E-state index in [4.69, 9.17) is 0 Å². The first-order valence-corrected chi connectivity index (χ1v) is 5.87. The zero-order chi connectivity index (χ0) is 10.1. The third-order valence-corrected chi connectivity index (χ3v) is 3.37. The van der Waals surface area contributed by atoms with Crippen LogP contribution in [0.5, 0.6) is 0 Å². The number of halogens is 1. The zero-order valence-corrected chi connectivity index (χ0v) is 10.4. The summed E-state index contributed by atoms with van der Waals surface area (Å²) in [5.41, 5.74) is 1.11. The molecule has 0 bridgehead atoms. The van der Waals surface area contributed by atoms with Crippen molar-refractivity contribution < 1.29 is 0 Å². The molecule has 0 aliphatic carbocycles. The van der Waals surface area contributed by atoms with Crippen molar-refractivity contribution in [1.82, 2.24) is 14.8 Å². The lowest BCUT2D eigenvalue weighted by molar-refractivity contribution is 0.690. The summed E-state index contributed by atoms with van der Waals surface area (Å²) in [7, 11) is 0. The van der Waals surface area contributed by atoms with Crippen LogP contribution in [0.3, 0.4) is 0 Å². The third-order valence-electron chi connectivity index (χ3n) is 1.91. The molecule has 2 aromatic heterocycles. The summed E-state index contributed by atoms with van der Waals surface area (Å²) < 4.78 is 2.92. The molecule has 0 aliphatic heterocycles. The number of hydrogen-bond acceptors (Lipinski definition) is 3. The summed E-state index contributed by atoms with van der Waals surface area (Å²) in [4.78, 5) is 5.66. The van der Waals surface area contributed by atoms with Gasteiger partial charge in [0.05, 0.1) is 27.9 Å². The molecule has 0 aromatic carbocycles. The van der Waals surface area contributed by atoms with Crippen molar-refractivity contribution in [3.63, 3.8) is 0 Å². The Hall–Kier alpha value is -0.680. The predicted molar refractivity (Wildman–Crippen MR) is 60.6 cm³/mol. The van der Waals surface area contributed by atoms with E-state index >= 15 is 0 Å². The highest BCUT2D eigenvalue weighted by Gasteiger charge is 2.05. The molecule has 0 spiro atoms. The average molecular weight is 272 g/mol. The van der Waals surface area contributed by atoms with E-state index in [0.717, 1.165) is 21.7 Å². The van der Waals surface area contributed by atoms with Gasteiger partial charge in [-0.05, 0) is 29.8 Å². The van der Waals surface area contributed by atoms with Crippen molar-refractivity contribution in [1.29, 1.82) is 0 Å². The molecule has 0 aliphatic rings. The Morgan fingerprint density at radius 2 is 2.29 bits per heavy atom. The highest BCUT2D eigenvalue weighted by molar-refractivity contribution is 9.10. The molecule has 2 heterocycles. The second-order valence-corrected chi connectivity index (χ2v) is 5.30. The van der Waals surface area contributed by atoms with Crippen LogP contribution in [0.25, 0.3) is 0 Å². The Morgan fingerprint density at radius 1 is 1.50 bits per heavy atom. The highest BCUT2D eigenvalue weighted by Crippen LogP contribution is 2.18. The minimum atomic E-state index is 0.808. The molecule has 0 N–H and O–H groups in total. The van der Waals surface area contributed by atoms with Gasteiger partial charge in [-0.1, -0.05) is 0 Å². The van der Waals surface area contributed by atoms with Crippen molar-refractivity contribution >= 4 is 27.3 Å². The summed E-state index contributed by atoms with van der Waals surface area (Å²) in [6.07, 6.45) is 3.76. The number of hydrogen-bond donors (Lipinski definition) is 0. The van der Waals surface area contributed by atoms with Crippen molar-refractivity contribution in [2.75, 3.05) is 0 Å². The summed E-state index contributed by atoms with van der Waals surface area (Å²) in [5.74, 6) is 0. The Labute approximate surface area is 94.9 Å². The van der Waals surface area contributed by atoms with Crippen LogP contribution in [0, 0.1) is 13.8 Å². The maximum Gasteiger partial charge on any atom is 0.0900 e. The average Bonchev–Trinajstić information content (AvgIpc) is 2.61. The third kappa shape index (κ3) is 2.04. The van der Waals surface area contributed by atoms with Crippen LogP contribution in [0.4, 0.5) is 0 Å². The van der Waals surface area contributed by atoms with Crippen LogP contribution in [0.2, 0.25) is 0 Å². The SMILES string of the molecule is Cc1nc(C)c(Cn2cc(Br)cn2)s1. The summed E-state index contributed by atoms with van der Waals surface area (Å²) >= 11 is 5.10. The molecule has 0 fully saturated rings. The van der Waals surface area contributed by atoms with Gasteiger partial charge in [0.2, 0.25) is 0 Å². The van der Waals surface area contributed by atoms with Gasteiger partial charge in [-0.15, -0.1) is 11.3 Å². The molecule has 2 aromatic rings. The Kier molecular flexibility index (Phi) is 2.69. The number of nitrogens with zero attached hydrogens (tertiary/aromatic N) is 3. The minimum Gasteiger partial charge on any atom is -0.266 e. The van der Waals surface area contributed by atoms with Crippen LogP contribution >= 0.6 is 27.3 Å². The van der Waals surface area contributed by atoms with Gasteiger partial charge in [-0.3, -0.25) is 4.68 Å². The molecule has 0 unspecified atom stereocenters. The first-order valence-electron chi connectivity index (χ1n) is 4.26. The molecule has 0 saturated carbocycles. The van der Waals surface area contributed by atoms with Gasteiger partial charge in [0.25, 0.3) is 0 Å². The van der Waals surface area contributed by atoms with Crippen molar-refractivity contribution in [2.24, 2.45) is 0 Å². The van der Waals surface area contributed by atoms with Crippen LogP contribution in [0.1, 0.15) is 15.6 Å². The topological polar surface area (TPSA) is 30.7 Å². The second kappa shape index (κ2) is 3.82. The molecular weight excluding hydrogens is 262 g/mol. The van der Waals surface area contributed by atoms with Gasteiger partial charge in [0, 0.05) is 11.1 Å². The maximum absolute atomic E-state index is 4.38. The van der Waals surface area contributed by atoms with E-state index < -0.39 is 0 Å². The quantitative estimate of drug-likeness (QED) is 0.841. The standard InChI is InChI=1S/C9H10BrN3S/c1-6-9(14-7(2)12-6)5-13-4-8(10)3-11-13/h3-4H,5H2,1-2H3. The van der Waals surface area contributed by atoms with Gasteiger partial charge in [-0.2, -0.15) is 5.10 Å². The fourth-order valence-electron chi connectivity index (χ4n) is 1.29. The predicted octanol–water partition coefficient (Wildman–Crippen LogP) is 2.77. The van der Waals surface area contributed by atoms with Gasteiger partial charge in [0.15, 0.2) is 0 Å². The van der Waals surface area contributed by atoms with E-state index in [2.05, 4.69) is 26.0 Å². The van der Waals surface area contributed by atoms with E-state index in [-0.39, 0.29) is 0 Å². The van der Waals surface area contributed by atoms with E-state index in [0.29, 0.717) is 0 Å². The molecule has 2 rings (SSSR count). The lowest BCUT2D eigenvalue weighted by Crippen LogP contribution is -1.99. The molecule has 0 amide bonds. The molecular formula is C9H10BrN3S. The van der Waals surface area contributed by atoms with Crippen molar-refractivity contribution in [3.05, 3.63) is 32.4 Å². The van der Waals surface area contributed by atoms with E-state index in [1.807, 2.05) is 24.7 Å². The molecule has 0 atom stereocenters. The fraction of sp³-hybridized carbons (Fsp3) is 0.333. The van der Waals surface area contributed by atoms with Crippen molar-refractivity contribution in [2.45, 2.75) is 20.4 Å². The Morgan fingerprint density at radius 3 is 2.79 bits per heavy atom. The van der Waals surface area contributed by atoms with Crippen LogP contribution in [-0.4, -0.2) is 14.8 Å². The summed E-state index contributed by atoms with van der Waals surface area (Å²) in [6.45, 7) is 4.88.